The Morgan fingerprint density at radius 3 is 2.24 bits per heavy atom. The molecule has 3 N–H and O–H groups in total. The monoisotopic (exact) mass is 291 g/mol. The maximum absolute atomic E-state index is 9.10. The topological polar surface area (TPSA) is 99.8 Å². The largest absolute Gasteiger partial charge is 0.473 e. The third-order valence-electron chi connectivity index (χ3n) is 2.74. The van der Waals surface area contributed by atoms with Crippen LogP contribution in [0.15, 0.2) is 41.0 Å². The van der Waals surface area contributed by atoms with Crippen molar-refractivity contribution in [1.29, 1.82) is 0 Å². The molecular weight excluding hydrogens is 274 g/mol. The highest BCUT2D eigenvalue weighted by Crippen LogP contribution is 2.15. The first kappa shape index (κ1) is 16.3. The lowest BCUT2D eigenvalue weighted by Crippen LogP contribution is -2.09. The zero-order valence-electron chi connectivity index (χ0n) is 11.8. The van der Waals surface area contributed by atoms with Crippen LogP contribution in [-0.4, -0.2) is 22.2 Å². The normalized spacial score (nSPS) is 9.43. The van der Waals surface area contributed by atoms with Gasteiger partial charge in [-0.05, 0) is 49.2 Å². The van der Waals surface area contributed by atoms with Crippen molar-refractivity contribution in [2.75, 3.05) is 5.32 Å². The number of benzene rings is 1. The van der Waals surface area contributed by atoms with Crippen LogP contribution in [0, 0.1) is 13.8 Å². The number of carboxylic acids is 2. The molecule has 6 heteroatoms. The average molecular weight is 291 g/mol. The molecule has 2 aromatic rings. The van der Waals surface area contributed by atoms with Gasteiger partial charge in [-0.2, -0.15) is 0 Å². The van der Waals surface area contributed by atoms with Crippen LogP contribution in [0.2, 0.25) is 0 Å². The summed E-state index contributed by atoms with van der Waals surface area (Å²) in [7, 11) is 0. The van der Waals surface area contributed by atoms with Gasteiger partial charge in [0.2, 0.25) is 0 Å². The second-order valence-electron chi connectivity index (χ2n) is 4.34. The number of furan rings is 1. The van der Waals surface area contributed by atoms with Gasteiger partial charge in [-0.1, -0.05) is 6.07 Å². The molecule has 1 aromatic carbocycles. The fourth-order valence-electron chi connectivity index (χ4n) is 1.45. The zero-order chi connectivity index (χ0) is 15.8. The molecule has 1 heterocycles. The quantitative estimate of drug-likeness (QED) is 0.752. The Balaban J connectivity index is 0.000000315. The maximum Gasteiger partial charge on any atom is 0.414 e. The number of rotatable bonds is 3. The summed E-state index contributed by atoms with van der Waals surface area (Å²) in [5, 5.41) is 18.1. The molecule has 0 fully saturated rings. The van der Waals surface area contributed by atoms with E-state index in [1.54, 1.807) is 6.26 Å². The Kier molecular flexibility index (Phi) is 6.00. The third-order valence-corrected chi connectivity index (χ3v) is 2.74. The molecule has 1 aromatic heterocycles. The molecule has 0 aliphatic carbocycles. The first-order valence-corrected chi connectivity index (χ1v) is 6.20. The van der Waals surface area contributed by atoms with Gasteiger partial charge in [0.1, 0.15) is 5.76 Å². The van der Waals surface area contributed by atoms with Gasteiger partial charge in [-0.3, -0.25) is 0 Å². The Morgan fingerprint density at radius 2 is 1.76 bits per heavy atom. The molecule has 0 saturated carbocycles. The minimum Gasteiger partial charge on any atom is -0.473 e. The second kappa shape index (κ2) is 7.74. The molecule has 0 aliphatic heterocycles. The molecule has 21 heavy (non-hydrogen) atoms. The fourth-order valence-corrected chi connectivity index (χ4v) is 1.45. The summed E-state index contributed by atoms with van der Waals surface area (Å²) in [5.74, 6) is -2.70. The third kappa shape index (κ3) is 5.82. The van der Waals surface area contributed by atoms with Crippen molar-refractivity contribution in [1.82, 2.24) is 0 Å². The maximum atomic E-state index is 9.10. The number of carbonyl (C=O) groups is 2. The lowest BCUT2D eigenvalue weighted by molar-refractivity contribution is -0.159. The van der Waals surface area contributed by atoms with Crippen LogP contribution >= 0.6 is 0 Å². The Morgan fingerprint density at radius 1 is 1.10 bits per heavy atom. The van der Waals surface area contributed by atoms with Gasteiger partial charge in [0.15, 0.2) is 0 Å². The highest BCUT2D eigenvalue weighted by atomic mass is 16.4. The van der Waals surface area contributed by atoms with Gasteiger partial charge in [-0.15, -0.1) is 0 Å². The van der Waals surface area contributed by atoms with E-state index in [4.69, 9.17) is 24.2 Å². The first-order chi connectivity index (χ1) is 9.90. The van der Waals surface area contributed by atoms with E-state index in [-0.39, 0.29) is 0 Å². The van der Waals surface area contributed by atoms with Crippen LogP contribution in [0.3, 0.4) is 0 Å². The highest BCUT2D eigenvalue weighted by Gasteiger charge is 2.04. The van der Waals surface area contributed by atoms with Crippen molar-refractivity contribution >= 4 is 17.6 Å². The Bertz CT molecular complexity index is 593. The van der Waals surface area contributed by atoms with Crippen molar-refractivity contribution in [3.8, 4) is 0 Å². The van der Waals surface area contributed by atoms with Crippen LogP contribution in [0.5, 0.6) is 0 Å². The number of anilines is 1. The molecule has 0 spiro atoms. The summed E-state index contributed by atoms with van der Waals surface area (Å²) in [6.45, 7) is 4.97. The molecule has 6 nitrogen and oxygen atoms in total. The van der Waals surface area contributed by atoms with E-state index >= 15 is 0 Å². The standard InChI is InChI=1S/C13H15NO.C2H2O4/c1-10-5-6-12(8-11(10)2)14-9-13-4-3-7-15-13;3-1(4)2(5)6/h3-8,14H,9H2,1-2H3;(H,3,4)(H,5,6). The van der Waals surface area contributed by atoms with E-state index < -0.39 is 11.9 Å². The van der Waals surface area contributed by atoms with Gasteiger partial charge in [-0.25, -0.2) is 9.59 Å². The van der Waals surface area contributed by atoms with Crippen molar-refractivity contribution < 1.29 is 24.2 Å². The number of nitrogens with one attached hydrogen (secondary N) is 1. The molecule has 112 valence electrons. The van der Waals surface area contributed by atoms with Crippen molar-refractivity contribution in [3.63, 3.8) is 0 Å². The lowest BCUT2D eigenvalue weighted by Gasteiger charge is -2.07. The molecule has 0 radical (unpaired) electrons. The molecule has 0 unspecified atom stereocenters. The summed E-state index contributed by atoms with van der Waals surface area (Å²) < 4.78 is 5.25. The number of carboxylic acid groups (broad SMARTS) is 2. The molecule has 0 saturated heterocycles. The predicted molar refractivity (Wildman–Crippen MR) is 77.2 cm³/mol. The summed E-state index contributed by atoms with van der Waals surface area (Å²) >= 11 is 0. The Hall–Kier alpha value is -2.76. The van der Waals surface area contributed by atoms with Crippen LogP contribution in [-0.2, 0) is 16.1 Å². The zero-order valence-corrected chi connectivity index (χ0v) is 11.8. The summed E-state index contributed by atoms with van der Waals surface area (Å²) in [5.41, 5.74) is 3.76. The lowest BCUT2D eigenvalue weighted by atomic mass is 10.1. The van der Waals surface area contributed by atoms with E-state index in [2.05, 4.69) is 37.4 Å². The first-order valence-electron chi connectivity index (χ1n) is 6.20. The molecular formula is C15H17NO5. The van der Waals surface area contributed by atoms with Gasteiger partial charge in [0, 0.05) is 5.69 Å². The van der Waals surface area contributed by atoms with Crippen molar-refractivity contribution in [2.24, 2.45) is 0 Å². The van der Waals surface area contributed by atoms with E-state index in [1.165, 1.54) is 11.1 Å². The van der Waals surface area contributed by atoms with E-state index in [1.807, 2.05) is 12.1 Å². The SMILES string of the molecule is Cc1ccc(NCc2ccco2)cc1C.O=C(O)C(=O)O. The molecule has 0 amide bonds. The average Bonchev–Trinajstić information content (AvgIpc) is 2.94. The number of aryl methyl sites for hydroxylation is 2. The smallest absolute Gasteiger partial charge is 0.414 e. The van der Waals surface area contributed by atoms with Gasteiger partial charge >= 0.3 is 11.9 Å². The summed E-state index contributed by atoms with van der Waals surface area (Å²) in [4.78, 5) is 18.2. The molecule has 0 aliphatic rings. The van der Waals surface area contributed by atoms with Gasteiger partial charge < -0.3 is 19.9 Å². The van der Waals surface area contributed by atoms with E-state index in [9.17, 15) is 0 Å². The van der Waals surface area contributed by atoms with Crippen molar-refractivity contribution in [2.45, 2.75) is 20.4 Å². The predicted octanol–water partition coefficient (Wildman–Crippen LogP) is 2.66. The minimum atomic E-state index is -1.82. The number of aliphatic carboxylic acids is 2. The molecule has 2 rings (SSSR count). The van der Waals surface area contributed by atoms with E-state index in [0.717, 1.165) is 18.0 Å². The van der Waals surface area contributed by atoms with E-state index in [0.29, 0.717) is 0 Å². The highest BCUT2D eigenvalue weighted by molar-refractivity contribution is 6.27. The number of hydrogen-bond donors (Lipinski definition) is 3. The fraction of sp³-hybridized carbons (Fsp3) is 0.200. The van der Waals surface area contributed by atoms with Crippen molar-refractivity contribution in [3.05, 3.63) is 53.5 Å². The van der Waals surface area contributed by atoms with Crippen LogP contribution in [0.1, 0.15) is 16.9 Å². The Labute approximate surface area is 122 Å². The summed E-state index contributed by atoms with van der Waals surface area (Å²) in [6, 6.07) is 10.2. The van der Waals surface area contributed by atoms with Crippen LogP contribution in [0.4, 0.5) is 5.69 Å². The van der Waals surface area contributed by atoms with Gasteiger partial charge in [0.25, 0.3) is 0 Å². The second-order valence-corrected chi connectivity index (χ2v) is 4.34. The number of hydrogen-bond acceptors (Lipinski definition) is 4. The van der Waals surface area contributed by atoms with Crippen LogP contribution in [0.25, 0.3) is 0 Å². The minimum absolute atomic E-state index is 0.732. The molecule has 0 bridgehead atoms. The summed E-state index contributed by atoms with van der Waals surface area (Å²) in [6.07, 6.45) is 1.69. The van der Waals surface area contributed by atoms with Gasteiger partial charge in [0.05, 0.1) is 12.8 Å². The molecule has 0 atom stereocenters. The van der Waals surface area contributed by atoms with Crippen LogP contribution < -0.4 is 5.32 Å².